The molecule has 0 spiro atoms. The number of aromatic nitrogens is 3. The molecule has 82 valence electrons. The largest absolute Gasteiger partial charge is 0.464 e. The zero-order valence-corrected chi connectivity index (χ0v) is 7.90. The van der Waals surface area contributed by atoms with Gasteiger partial charge in [-0.05, 0) is 0 Å². The zero-order valence-electron chi connectivity index (χ0n) is 7.90. The number of hydrogen-bond acceptors (Lipinski definition) is 5. The van der Waals surface area contributed by atoms with Gasteiger partial charge in [0.25, 0.3) is 0 Å². The highest BCUT2D eigenvalue weighted by Gasteiger charge is 2.02. The Balaban J connectivity index is 2.87. The molecule has 1 heterocycles. The average molecular weight is 215 g/mol. The van der Waals surface area contributed by atoms with Crippen molar-refractivity contribution in [2.75, 3.05) is 6.61 Å². The number of H-pyrrole nitrogens is 2. The first-order valence-electron chi connectivity index (χ1n) is 4.07. The van der Waals surface area contributed by atoms with Gasteiger partial charge in [0.05, 0.1) is 6.54 Å². The standard InChI is InChI=1S/C7H9N3O5/c1-4(11)15-3-2-10-6(13)8-5(12)9-7(10)14/h2-3H2,1H3,(H2,8,9,12,13,14). The summed E-state index contributed by atoms with van der Waals surface area (Å²) in [4.78, 5) is 47.0. The van der Waals surface area contributed by atoms with Gasteiger partial charge in [-0.25, -0.2) is 19.0 Å². The van der Waals surface area contributed by atoms with Crippen LogP contribution >= 0.6 is 0 Å². The van der Waals surface area contributed by atoms with Gasteiger partial charge in [-0.2, -0.15) is 0 Å². The minimum atomic E-state index is -0.867. The third kappa shape index (κ3) is 2.93. The SMILES string of the molecule is CC(=O)OCCn1c(=O)[nH]c(=O)[nH]c1=O. The summed E-state index contributed by atoms with van der Waals surface area (Å²) in [5, 5.41) is 0. The van der Waals surface area contributed by atoms with E-state index in [0.29, 0.717) is 0 Å². The van der Waals surface area contributed by atoms with Gasteiger partial charge in [-0.15, -0.1) is 0 Å². The summed E-state index contributed by atoms with van der Waals surface area (Å²) in [7, 11) is 0. The van der Waals surface area contributed by atoms with Gasteiger partial charge in [-0.1, -0.05) is 0 Å². The Morgan fingerprint density at radius 2 is 1.80 bits per heavy atom. The summed E-state index contributed by atoms with van der Waals surface area (Å²) >= 11 is 0. The van der Waals surface area contributed by atoms with Crippen molar-refractivity contribution >= 4 is 5.97 Å². The lowest BCUT2D eigenvalue weighted by molar-refractivity contribution is -0.141. The van der Waals surface area contributed by atoms with Crippen molar-refractivity contribution in [3.05, 3.63) is 31.5 Å². The van der Waals surface area contributed by atoms with Crippen LogP contribution in [0.1, 0.15) is 6.92 Å². The molecule has 0 amide bonds. The van der Waals surface area contributed by atoms with E-state index < -0.39 is 23.0 Å². The topological polar surface area (TPSA) is 114 Å². The molecule has 0 radical (unpaired) electrons. The molecule has 0 atom stereocenters. The van der Waals surface area contributed by atoms with Crippen molar-refractivity contribution in [3.63, 3.8) is 0 Å². The smallest absolute Gasteiger partial charge is 0.333 e. The number of ether oxygens (including phenoxy) is 1. The maximum Gasteiger partial charge on any atom is 0.333 e. The second-order valence-electron chi connectivity index (χ2n) is 2.68. The lowest BCUT2D eigenvalue weighted by Crippen LogP contribution is -2.43. The number of aromatic amines is 2. The van der Waals surface area contributed by atoms with Crippen molar-refractivity contribution in [3.8, 4) is 0 Å². The van der Waals surface area contributed by atoms with Crippen LogP contribution < -0.4 is 17.1 Å². The Morgan fingerprint density at radius 3 is 2.27 bits per heavy atom. The zero-order chi connectivity index (χ0) is 11.4. The van der Waals surface area contributed by atoms with Crippen molar-refractivity contribution < 1.29 is 9.53 Å². The fraction of sp³-hybridized carbons (Fsp3) is 0.429. The summed E-state index contributed by atoms with van der Waals surface area (Å²) < 4.78 is 5.27. The molecular formula is C7H9N3O5. The van der Waals surface area contributed by atoms with E-state index in [0.717, 1.165) is 4.57 Å². The summed E-state index contributed by atoms with van der Waals surface area (Å²) in [6.45, 7) is 0.995. The second kappa shape index (κ2) is 4.40. The molecule has 1 aromatic rings. The maximum absolute atomic E-state index is 11.1. The predicted molar refractivity (Wildman–Crippen MR) is 48.6 cm³/mol. The Morgan fingerprint density at radius 1 is 1.27 bits per heavy atom. The first-order valence-corrected chi connectivity index (χ1v) is 4.07. The molecular weight excluding hydrogens is 206 g/mol. The van der Waals surface area contributed by atoms with Crippen LogP contribution in [-0.4, -0.2) is 27.1 Å². The quantitative estimate of drug-likeness (QED) is 0.555. The number of rotatable bonds is 3. The number of nitrogens with zero attached hydrogens (tertiary/aromatic N) is 1. The highest BCUT2D eigenvalue weighted by atomic mass is 16.5. The normalized spacial score (nSPS) is 9.93. The molecule has 1 aromatic heterocycles. The van der Waals surface area contributed by atoms with E-state index in [9.17, 15) is 19.2 Å². The van der Waals surface area contributed by atoms with Gasteiger partial charge in [0.2, 0.25) is 0 Å². The fourth-order valence-corrected chi connectivity index (χ4v) is 0.936. The number of hydrogen-bond donors (Lipinski definition) is 2. The minimum Gasteiger partial charge on any atom is -0.464 e. The highest BCUT2D eigenvalue weighted by molar-refractivity contribution is 5.65. The molecule has 0 aliphatic rings. The number of esters is 1. The number of carbonyl (C=O) groups is 1. The fourth-order valence-electron chi connectivity index (χ4n) is 0.936. The van der Waals surface area contributed by atoms with Crippen LogP contribution in [-0.2, 0) is 16.1 Å². The van der Waals surface area contributed by atoms with E-state index in [1.165, 1.54) is 6.92 Å². The molecule has 0 fully saturated rings. The predicted octanol–water partition coefficient (Wildman–Crippen LogP) is -2.21. The lowest BCUT2D eigenvalue weighted by atomic mass is 10.6. The van der Waals surface area contributed by atoms with Gasteiger partial charge in [0.15, 0.2) is 0 Å². The molecule has 15 heavy (non-hydrogen) atoms. The van der Waals surface area contributed by atoms with Crippen LogP contribution in [0.3, 0.4) is 0 Å². The first-order chi connectivity index (χ1) is 7.00. The monoisotopic (exact) mass is 215 g/mol. The third-order valence-electron chi connectivity index (χ3n) is 1.55. The van der Waals surface area contributed by atoms with Crippen LogP contribution in [0, 0.1) is 0 Å². The molecule has 0 bridgehead atoms. The molecule has 0 aromatic carbocycles. The van der Waals surface area contributed by atoms with Crippen molar-refractivity contribution in [1.82, 2.24) is 14.5 Å². The lowest BCUT2D eigenvalue weighted by Gasteiger charge is -2.02. The number of nitrogens with one attached hydrogen (secondary N) is 2. The highest BCUT2D eigenvalue weighted by Crippen LogP contribution is 1.77. The molecule has 0 unspecified atom stereocenters. The van der Waals surface area contributed by atoms with Crippen LogP contribution in [0.2, 0.25) is 0 Å². The summed E-state index contributed by atoms with van der Waals surface area (Å²) in [5.74, 6) is -0.510. The second-order valence-corrected chi connectivity index (χ2v) is 2.68. The molecule has 0 saturated carbocycles. The Bertz CT molecular complexity index is 488. The summed E-state index contributed by atoms with van der Waals surface area (Å²) in [5.41, 5.74) is -2.54. The first kappa shape index (κ1) is 11.0. The van der Waals surface area contributed by atoms with Gasteiger partial charge in [0, 0.05) is 6.92 Å². The molecule has 8 heteroatoms. The molecule has 2 N–H and O–H groups in total. The van der Waals surface area contributed by atoms with E-state index in [-0.39, 0.29) is 13.2 Å². The van der Waals surface area contributed by atoms with Crippen LogP contribution in [0.5, 0.6) is 0 Å². The van der Waals surface area contributed by atoms with Crippen molar-refractivity contribution in [2.45, 2.75) is 13.5 Å². The molecule has 0 aliphatic heterocycles. The van der Waals surface area contributed by atoms with E-state index >= 15 is 0 Å². The van der Waals surface area contributed by atoms with Crippen LogP contribution in [0.4, 0.5) is 0 Å². The van der Waals surface area contributed by atoms with Crippen molar-refractivity contribution in [2.24, 2.45) is 0 Å². The Labute approximate surface area is 82.5 Å². The molecule has 0 saturated heterocycles. The van der Waals surface area contributed by atoms with Crippen molar-refractivity contribution in [1.29, 1.82) is 0 Å². The Kier molecular flexibility index (Phi) is 3.21. The average Bonchev–Trinajstić information content (AvgIpc) is 2.08. The van der Waals surface area contributed by atoms with E-state index in [4.69, 9.17) is 0 Å². The van der Waals surface area contributed by atoms with E-state index in [2.05, 4.69) is 4.74 Å². The number of carbonyl (C=O) groups excluding carboxylic acids is 1. The third-order valence-corrected chi connectivity index (χ3v) is 1.55. The van der Waals surface area contributed by atoms with E-state index in [1.807, 2.05) is 9.97 Å². The van der Waals surface area contributed by atoms with Gasteiger partial charge in [-0.3, -0.25) is 14.8 Å². The maximum atomic E-state index is 11.1. The molecule has 8 nitrogen and oxygen atoms in total. The van der Waals surface area contributed by atoms with Crippen LogP contribution in [0.15, 0.2) is 14.4 Å². The minimum absolute atomic E-state index is 0.107. The van der Waals surface area contributed by atoms with E-state index in [1.54, 1.807) is 0 Å². The summed E-state index contributed by atoms with van der Waals surface area (Å²) in [6, 6.07) is 0. The van der Waals surface area contributed by atoms with Gasteiger partial charge in [0.1, 0.15) is 6.61 Å². The van der Waals surface area contributed by atoms with Gasteiger partial charge < -0.3 is 4.74 Å². The Hall–Kier alpha value is -2.12. The molecule has 0 aliphatic carbocycles. The summed E-state index contributed by atoms with van der Waals surface area (Å²) in [6.07, 6.45) is 0. The van der Waals surface area contributed by atoms with Gasteiger partial charge >= 0.3 is 23.0 Å². The molecule has 1 rings (SSSR count). The van der Waals surface area contributed by atoms with Crippen LogP contribution in [0.25, 0.3) is 0 Å².